The number of rotatable bonds is 6. The number of carboxylic acids is 1. The van der Waals surface area contributed by atoms with E-state index in [0.29, 0.717) is 22.2 Å². The van der Waals surface area contributed by atoms with Gasteiger partial charge < -0.3 is 15.5 Å². The molecule has 0 aliphatic rings. The standard InChI is InChI=1S/C23H23FN2O5/c1-12-4-6-15(7-5-12)22(29)26-14(3)16(9-21(28)25-11-13(2)23(30)31)17-8-20(27)18(24)10-19(17)26/h4-8,10,13,27H,9,11H2,1-3H3,(H,25,28)(H,30,31). The number of carbonyl (C=O) groups is 3. The van der Waals surface area contributed by atoms with Crippen molar-refractivity contribution in [1.29, 1.82) is 0 Å². The molecule has 1 heterocycles. The maximum atomic E-state index is 14.1. The molecule has 1 unspecified atom stereocenters. The normalized spacial score (nSPS) is 12.0. The molecule has 3 rings (SSSR count). The topological polar surface area (TPSA) is 109 Å². The summed E-state index contributed by atoms with van der Waals surface area (Å²) in [7, 11) is 0. The molecule has 1 atom stereocenters. The van der Waals surface area contributed by atoms with Gasteiger partial charge in [-0.2, -0.15) is 0 Å². The van der Waals surface area contributed by atoms with Gasteiger partial charge in [0.15, 0.2) is 11.6 Å². The number of hydrogen-bond acceptors (Lipinski definition) is 4. The first-order valence-electron chi connectivity index (χ1n) is 9.73. The molecule has 2 aromatic carbocycles. The number of aromatic nitrogens is 1. The number of fused-ring (bicyclic) bond motifs is 1. The number of aliphatic carboxylic acids is 1. The van der Waals surface area contributed by atoms with Gasteiger partial charge in [-0.25, -0.2) is 4.39 Å². The van der Waals surface area contributed by atoms with Crippen molar-refractivity contribution in [3.63, 3.8) is 0 Å². The second-order valence-corrected chi connectivity index (χ2v) is 7.61. The number of halogens is 1. The van der Waals surface area contributed by atoms with Gasteiger partial charge in [0.2, 0.25) is 5.91 Å². The molecule has 0 saturated carbocycles. The zero-order chi connectivity index (χ0) is 22.9. The Bertz CT molecular complexity index is 1180. The summed E-state index contributed by atoms with van der Waals surface area (Å²) in [6, 6.07) is 9.17. The molecule has 1 aromatic heterocycles. The molecule has 31 heavy (non-hydrogen) atoms. The van der Waals surface area contributed by atoms with E-state index in [0.717, 1.165) is 11.6 Å². The predicted molar refractivity (Wildman–Crippen MR) is 113 cm³/mol. The Labute approximate surface area is 178 Å². The van der Waals surface area contributed by atoms with Gasteiger partial charge in [-0.1, -0.05) is 24.6 Å². The Kier molecular flexibility index (Phi) is 6.10. The van der Waals surface area contributed by atoms with Gasteiger partial charge in [-0.3, -0.25) is 19.0 Å². The smallest absolute Gasteiger partial charge is 0.308 e. The van der Waals surface area contributed by atoms with E-state index in [-0.39, 0.29) is 18.5 Å². The fraction of sp³-hybridized carbons (Fsp3) is 0.261. The third-order valence-corrected chi connectivity index (χ3v) is 5.27. The van der Waals surface area contributed by atoms with Gasteiger partial charge in [-0.15, -0.1) is 0 Å². The predicted octanol–water partition coefficient (Wildman–Crippen LogP) is 3.17. The first kappa shape index (κ1) is 22.0. The lowest BCUT2D eigenvalue weighted by molar-refractivity contribution is -0.141. The Hall–Kier alpha value is -3.68. The lowest BCUT2D eigenvalue weighted by Gasteiger charge is -2.10. The third kappa shape index (κ3) is 4.42. The molecule has 0 spiro atoms. The van der Waals surface area contributed by atoms with Gasteiger partial charge in [0.05, 0.1) is 17.9 Å². The average molecular weight is 426 g/mol. The molecule has 7 nitrogen and oxygen atoms in total. The molecular weight excluding hydrogens is 403 g/mol. The van der Waals surface area contributed by atoms with Crippen LogP contribution >= 0.6 is 0 Å². The summed E-state index contributed by atoms with van der Waals surface area (Å²) in [4.78, 5) is 36.6. The zero-order valence-corrected chi connectivity index (χ0v) is 17.4. The van der Waals surface area contributed by atoms with Gasteiger partial charge >= 0.3 is 5.97 Å². The van der Waals surface area contributed by atoms with E-state index in [4.69, 9.17) is 5.11 Å². The third-order valence-electron chi connectivity index (χ3n) is 5.27. The van der Waals surface area contributed by atoms with Crippen molar-refractivity contribution in [2.45, 2.75) is 27.2 Å². The summed E-state index contributed by atoms with van der Waals surface area (Å²) in [5.74, 6) is -4.09. The molecule has 162 valence electrons. The van der Waals surface area contributed by atoms with E-state index in [1.807, 2.05) is 6.92 Å². The molecule has 0 bridgehead atoms. The number of benzene rings is 2. The van der Waals surface area contributed by atoms with Crippen LogP contribution in [0.2, 0.25) is 0 Å². The summed E-state index contributed by atoms with van der Waals surface area (Å²) in [6.07, 6.45) is -0.159. The summed E-state index contributed by atoms with van der Waals surface area (Å²) in [5, 5.41) is 21.8. The van der Waals surface area contributed by atoms with Crippen molar-refractivity contribution < 1.29 is 29.0 Å². The summed E-state index contributed by atoms with van der Waals surface area (Å²) in [5.41, 5.74) is 2.50. The highest BCUT2D eigenvalue weighted by molar-refractivity contribution is 6.05. The van der Waals surface area contributed by atoms with E-state index < -0.39 is 35.3 Å². The number of phenols is 1. The van der Waals surface area contributed by atoms with Crippen molar-refractivity contribution in [3.8, 4) is 5.75 Å². The summed E-state index contributed by atoms with van der Waals surface area (Å²) in [6.45, 7) is 4.96. The molecule has 8 heteroatoms. The zero-order valence-electron chi connectivity index (χ0n) is 17.4. The quantitative estimate of drug-likeness (QED) is 0.561. The number of nitrogens with zero attached hydrogens (tertiary/aromatic N) is 1. The Morgan fingerprint density at radius 1 is 1.13 bits per heavy atom. The first-order chi connectivity index (χ1) is 14.6. The molecule has 0 aliphatic heterocycles. The number of carboxylic acid groups (broad SMARTS) is 1. The second-order valence-electron chi connectivity index (χ2n) is 7.61. The Balaban J connectivity index is 2.04. The Morgan fingerprint density at radius 3 is 2.39 bits per heavy atom. The van der Waals surface area contributed by atoms with Crippen LogP contribution in [-0.2, 0) is 16.0 Å². The maximum absolute atomic E-state index is 14.1. The summed E-state index contributed by atoms with van der Waals surface area (Å²) < 4.78 is 15.5. The number of aromatic hydroxyl groups is 1. The molecular formula is C23H23FN2O5. The Morgan fingerprint density at radius 2 is 1.77 bits per heavy atom. The van der Waals surface area contributed by atoms with Crippen molar-refractivity contribution in [2.75, 3.05) is 6.54 Å². The van der Waals surface area contributed by atoms with E-state index in [9.17, 15) is 23.9 Å². The van der Waals surface area contributed by atoms with Crippen LogP contribution in [0.5, 0.6) is 5.75 Å². The van der Waals surface area contributed by atoms with Crippen molar-refractivity contribution in [2.24, 2.45) is 5.92 Å². The van der Waals surface area contributed by atoms with E-state index in [1.54, 1.807) is 31.2 Å². The number of nitrogens with one attached hydrogen (secondary N) is 1. The van der Waals surface area contributed by atoms with E-state index in [2.05, 4.69) is 5.32 Å². The van der Waals surface area contributed by atoms with Crippen LogP contribution in [0.25, 0.3) is 10.9 Å². The minimum absolute atomic E-state index is 0.0476. The van der Waals surface area contributed by atoms with Gasteiger partial charge in [0.25, 0.3) is 5.91 Å². The number of amides is 1. The average Bonchev–Trinajstić information content (AvgIpc) is 2.97. The molecule has 0 aliphatic carbocycles. The van der Waals surface area contributed by atoms with Gasteiger partial charge in [-0.05, 0) is 37.6 Å². The maximum Gasteiger partial charge on any atom is 0.308 e. The lowest BCUT2D eigenvalue weighted by Crippen LogP contribution is -2.32. The van der Waals surface area contributed by atoms with Crippen molar-refractivity contribution >= 4 is 28.7 Å². The molecule has 3 N–H and O–H groups in total. The summed E-state index contributed by atoms with van der Waals surface area (Å²) >= 11 is 0. The van der Waals surface area contributed by atoms with Gasteiger partial charge in [0.1, 0.15) is 0 Å². The number of hydrogen-bond donors (Lipinski definition) is 3. The van der Waals surface area contributed by atoms with Crippen LogP contribution in [0.1, 0.15) is 34.1 Å². The number of aryl methyl sites for hydroxylation is 1. The van der Waals surface area contributed by atoms with Crippen LogP contribution < -0.4 is 5.32 Å². The van der Waals surface area contributed by atoms with Crippen LogP contribution in [0.4, 0.5) is 4.39 Å². The highest BCUT2D eigenvalue weighted by Gasteiger charge is 2.23. The first-order valence-corrected chi connectivity index (χ1v) is 9.73. The van der Waals surface area contributed by atoms with E-state index >= 15 is 0 Å². The highest BCUT2D eigenvalue weighted by Crippen LogP contribution is 2.32. The van der Waals surface area contributed by atoms with Crippen LogP contribution in [0.3, 0.4) is 0 Å². The van der Waals surface area contributed by atoms with Crippen LogP contribution in [0.15, 0.2) is 36.4 Å². The molecule has 0 radical (unpaired) electrons. The largest absolute Gasteiger partial charge is 0.505 e. The monoisotopic (exact) mass is 426 g/mol. The fourth-order valence-electron chi connectivity index (χ4n) is 3.38. The van der Waals surface area contributed by atoms with Crippen LogP contribution in [0, 0.1) is 25.6 Å². The molecule has 1 amide bonds. The molecule has 0 fully saturated rings. The minimum atomic E-state index is -1.03. The van der Waals surface area contributed by atoms with Crippen molar-refractivity contribution in [3.05, 3.63) is 64.6 Å². The number of carbonyl (C=O) groups excluding carboxylic acids is 2. The SMILES string of the molecule is Cc1ccc(C(=O)n2c(C)c(CC(=O)NCC(C)C(=O)O)c3cc(O)c(F)cc32)cc1. The molecule has 3 aromatic rings. The lowest BCUT2D eigenvalue weighted by atomic mass is 10.1. The number of phenolic OH excluding ortho intramolecular Hbond substituents is 1. The highest BCUT2D eigenvalue weighted by atomic mass is 19.1. The van der Waals surface area contributed by atoms with Gasteiger partial charge in [0, 0.05) is 29.3 Å². The fourth-order valence-corrected chi connectivity index (χ4v) is 3.38. The minimum Gasteiger partial charge on any atom is -0.505 e. The second kappa shape index (κ2) is 8.59. The van der Waals surface area contributed by atoms with Crippen LogP contribution in [-0.4, -0.2) is 39.1 Å². The van der Waals surface area contributed by atoms with E-state index in [1.165, 1.54) is 17.6 Å². The van der Waals surface area contributed by atoms with Crippen molar-refractivity contribution in [1.82, 2.24) is 9.88 Å². The molecule has 0 saturated heterocycles.